The van der Waals surface area contributed by atoms with E-state index in [2.05, 4.69) is 15.7 Å². The monoisotopic (exact) mass is 372 g/mol. The van der Waals surface area contributed by atoms with Crippen molar-refractivity contribution in [3.05, 3.63) is 60.4 Å². The second kappa shape index (κ2) is 8.59. The maximum absolute atomic E-state index is 14.3. The average Bonchev–Trinajstić information content (AvgIpc) is 3.09. The van der Waals surface area contributed by atoms with E-state index in [4.69, 9.17) is 4.84 Å². The lowest BCUT2D eigenvalue weighted by Gasteiger charge is -2.10. The summed E-state index contributed by atoms with van der Waals surface area (Å²) in [6.45, 7) is 2.16. The number of halogens is 1. The summed E-state index contributed by atoms with van der Waals surface area (Å²) in [6.07, 6.45) is 0. The topological polar surface area (TPSA) is 69.0 Å². The molecule has 1 amide bonds. The largest absolute Gasteiger partial charge is 0.274 e. The SMILES string of the molecule is CCONC(=O)CSc1nnc(-c2ccccc2F)n1-c1ccccc1. The van der Waals surface area contributed by atoms with Crippen LogP contribution in [0, 0.1) is 5.82 Å². The second-order valence-corrected chi connectivity index (χ2v) is 6.15. The van der Waals surface area contributed by atoms with Gasteiger partial charge in [0.15, 0.2) is 11.0 Å². The van der Waals surface area contributed by atoms with Crippen LogP contribution in [0.4, 0.5) is 4.39 Å². The van der Waals surface area contributed by atoms with Gasteiger partial charge in [-0.15, -0.1) is 10.2 Å². The number of nitrogens with zero attached hydrogens (tertiary/aromatic N) is 3. The van der Waals surface area contributed by atoms with E-state index < -0.39 is 0 Å². The van der Waals surface area contributed by atoms with Crippen LogP contribution in [0.25, 0.3) is 17.1 Å². The van der Waals surface area contributed by atoms with E-state index >= 15 is 0 Å². The number of hydrogen-bond donors (Lipinski definition) is 1. The highest BCUT2D eigenvalue weighted by atomic mass is 32.2. The highest BCUT2D eigenvalue weighted by Crippen LogP contribution is 2.29. The molecule has 0 unspecified atom stereocenters. The Labute approximate surface area is 154 Å². The number of benzene rings is 2. The zero-order valence-electron chi connectivity index (χ0n) is 14.1. The summed E-state index contributed by atoms with van der Waals surface area (Å²) in [7, 11) is 0. The quantitative estimate of drug-likeness (QED) is 0.509. The van der Waals surface area contributed by atoms with Gasteiger partial charge in [-0.25, -0.2) is 9.87 Å². The molecule has 0 radical (unpaired) electrons. The Morgan fingerprint density at radius 2 is 1.88 bits per heavy atom. The number of nitrogens with one attached hydrogen (secondary N) is 1. The zero-order chi connectivity index (χ0) is 18.4. The van der Waals surface area contributed by atoms with Crippen LogP contribution in [-0.4, -0.2) is 33.0 Å². The van der Waals surface area contributed by atoms with E-state index in [1.54, 1.807) is 29.7 Å². The summed E-state index contributed by atoms with van der Waals surface area (Å²) >= 11 is 1.20. The number of thioether (sulfide) groups is 1. The molecule has 134 valence electrons. The normalized spacial score (nSPS) is 10.7. The minimum absolute atomic E-state index is 0.0994. The molecule has 6 nitrogen and oxygen atoms in total. The van der Waals surface area contributed by atoms with Crippen molar-refractivity contribution in [3.63, 3.8) is 0 Å². The van der Waals surface area contributed by atoms with Gasteiger partial charge in [0, 0.05) is 5.69 Å². The number of hydrogen-bond acceptors (Lipinski definition) is 5. The number of rotatable bonds is 7. The maximum atomic E-state index is 14.3. The Hall–Kier alpha value is -2.71. The Balaban J connectivity index is 1.96. The number of amides is 1. The molecule has 0 spiro atoms. The van der Waals surface area contributed by atoms with Crippen LogP contribution in [0.5, 0.6) is 0 Å². The van der Waals surface area contributed by atoms with Gasteiger partial charge in [-0.2, -0.15) is 0 Å². The van der Waals surface area contributed by atoms with Crippen molar-refractivity contribution >= 4 is 17.7 Å². The molecule has 0 atom stereocenters. The molecular formula is C18H17FN4O2S. The lowest BCUT2D eigenvalue weighted by Crippen LogP contribution is -2.25. The van der Waals surface area contributed by atoms with Crippen LogP contribution in [0.2, 0.25) is 0 Å². The van der Waals surface area contributed by atoms with Crippen molar-refractivity contribution in [3.8, 4) is 17.1 Å². The molecule has 0 aliphatic heterocycles. The molecule has 2 aromatic carbocycles. The standard InChI is InChI=1S/C18H17FN4O2S/c1-2-25-22-16(24)12-26-18-21-20-17(14-10-6-7-11-15(14)19)23(18)13-8-4-3-5-9-13/h3-11H,2,12H2,1H3,(H,22,24). The number of para-hydroxylation sites is 1. The predicted octanol–water partition coefficient (Wildman–Crippen LogP) is 3.23. The molecule has 0 bridgehead atoms. The van der Waals surface area contributed by atoms with Gasteiger partial charge in [0.25, 0.3) is 5.91 Å². The fraction of sp³-hybridized carbons (Fsp3) is 0.167. The summed E-state index contributed by atoms with van der Waals surface area (Å²) in [6, 6.07) is 15.8. The van der Waals surface area contributed by atoms with E-state index in [1.807, 2.05) is 30.3 Å². The number of carbonyl (C=O) groups is 1. The summed E-state index contributed by atoms with van der Waals surface area (Å²) in [5.41, 5.74) is 3.46. The molecule has 1 aromatic heterocycles. The molecule has 8 heteroatoms. The third-order valence-corrected chi connectivity index (χ3v) is 4.35. The summed E-state index contributed by atoms with van der Waals surface area (Å²) in [4.78, 5) is 16.7. The Morgan fingerprint density at radius 3 is 2.62 bits per heavy atom. The molecule has 26 heavy (non-hydrogen) atoms. The third kappa shape index (κ3) is 4.09. The van der Waals surface area contributed by atoms with Crippen LogP contribution >= 0.6 is 11.8 Å². The Kier molecular flexibility index (Phi) is 5.98. The molecule has 0 saturated carbocycles. The van der Waals surface area contributed by atoms with Crippen molar-refractivity contribution in [2.45, 2.75) is 12.1 Å². The molecule has 0 aliphatic rings. The van der Waals surface area contributed by atoms with Gasteiger partial charge in [-0.05, 0) is 31.2 Å². The predicted molar refractivity (Wildman–Crippen MR) is 97.2 cm³/mol. The van der Waals surface area contributed by atoms with Gasteiger partial charge in [0.2, 0.25) is 0 Å². The van der Waals surface area contributed by atoms with E-state index in [1.165, 1.54) is 17.8 Å². The molecule has 0 fully saturated rings. The maximum Gasteiger partial charge on any atom is 0.254 e. The number of aromatic nitrogens is 3. The molecular weight excluding hydrogens is 355 g/mol. The van der Waals surface area contributed by atoms with Crippen molar-refractivity contribution in [1.82, 2.24) is 20.2 Å². The van der Waals surface area contributed by atoms with Crippen LogP contribution in [0.1, 0.15) is 6.92 Å². The molecule has 3 rings (SSSR count). The van der Waals surface area contributed by atoms with Crippen LogP contribution < -0.4 is 5.48 Å². The first-order valence-electron chi connectivity index (χ1n) is 8.00. The van der Waals surface area contributed by atoms with Crippen LogP contribution in [0.15, 0.2) is 59.8 Å². The van der Waals surface area contributed by atoms with Gasteiger partial charge >= 0.3 is 0 Å². The molecule has 0 aliphatic carbocycles. The van der Waals surface area contributed by atoms with E-state index in [9.17, 15) is 9.18 Å². The highest BCUT2D eigenvalue weighted by Gasteiger charge is 2.19. The van der Waals surface area contributed by atoms with Gasteiger partial charge in [-0.1, -0.05) is 42.1 Å². The van der Waals surface area contributed by atoms with Gasteiger partial charge in [0.05, 0.1) is 17.9 Å². The third-order valence-electron chi connectivity index (χ3n) is 3.43. The first-order valence-corrected chi connectivity index (χ1v) is 8.98. The van der Waals surface area contributed by atoms with Crippen molar-refractivity contribution in [2.24, 2.45) is 0 Å². The summed E-state index contributed by atoms with van der Waals surface area (Å²) < 4.78 is 16.0. The molecule has 1 N–H and O–H groups in total. The van der Waals surface area contributed by atoms with Crippen molar-refractivity contribution in [1.29, 1.82) is 0 Å². The first kappa shape index (κ1) is 18.1. The zero-order valence-corrected chi connectivity index (χ0v) is 14.9. The Bertz CT molecular complexity index is 886. The number of carbonyl (C=O) groups excluding carboxylic acids is 1. The lowest BCUT2D eigenvalue weighted by molar-refractivity contribution is -0.130. The Morgan fingerprint density at radius 1 is 1.15 bits per heavy atom. The smallest absolute Gasteiger partial charge is 0.254 e. The van der Waals surface area contributed by atoms with E-state index in [-0.39, 0.29) is 17.5 Å². The van der Waals surface area contributed by atoms with Gasteiger partial charge in [-0.3, -0.25) is 14.2 Å². The molecule has 3 aromatic rings. The minimum atomic E-state index is -0.386. The fourth-order valence-corrected chi connectivity index (χ4v) is 3.04. The van der Waals surface area contributed by atoms with Crippen LogP contribution in [-0.2, 0) is 9.63 Å². The first-order chi connectivity index (χ1) is 12.7. The second-order valence-electron chi connectivity index (χ2n) is 5.20. The summed E-state index contributed by atoms with van der Waals surface area (Å²) in [5, 5.41) is 8.79. The lowest BCUT2D eigenvalue weighted by atomic mass is 10.2. The highest BCUT2D eigenvalue weighted by molar-refractivity contribution is 7.99. The van der Waals surface area contributed by atoms with Gasteiger partial charge < -0.3 is 0 Å². The summed E-state index contributed by atoms with van der Waals surface area (Å²) in [5.74, 6) is -0.195. The molecule has 1 heterocycles. The number of hydroxylamine groups is 1. The van der Waals surface area contributed by atoms with Crippen molar-refractivity contribution in [2.75, 3.05) is 12.4 Å². The van der Waals surface area contributed by atoms with E-state index in [0.717, 1.165) is 5.69 Å². The van der Waals surface area contributed by atoms with E-state index in [0.29, 0.717) is 23.2 Å². The minimum Gasteiger partial charge on any atom is -0.274 e. The van der Waals surface area contributed by atoms with Gasteiger partial charge in [0.1, 0.15) is 5.82 Å². The molecule has 0 saturated heterocycles. The average molecular weight is 372 g/mol. The fourth-order valence-electron chi connectivity index (χ4n) is 2.30. The van der Waals surface area contributed by atoms with Crippen LogP contribution in [0.3, 0.4) is 0 Å². The van der Waals surface area contributed by atoms with Crippen molar-refractivity contribution < 1.29 is 14.0 Å².